The molecule has 0 bridgehead atoms. The number of hydrogen-bond acceptors (Lipinski definition) is 4. The van der Waals surface area contributed by atoms with Gasteiger partial charge in [0.05, 0.1) is 6.54 Å². The summed E-state index contributed by atoms with van der Waals surface area (Å²) in [4.78, 5) is 26.2. The molecule has 0 spiro atoms. The van der Waals surface area contributed by atoms with E-state index in [4.69, 9.17) is 4.74 Å². The molecule has 28 heavy (non-hydrogen) atoms. The van der Waals surface area contributed by atoms with Crippen molar-refractivity contribution < 1.29 is 27.8 Å². The first kappa shape index (κ1) is 19.6. The number of amides is 3. The number of rotatable bonds is 7. The number of nitrogens with one attached hydrogen (secondary N) is 1. The Balaban J connectivity index is 1.66. The van der Waals surface area contributed by atoms with Crippen molar-refractivity contribution in [2.75, 3.05) is 13.2 Å². The predicted octanol–water partition coefficient (Wildman–Crippen LogP) is 3.44. The second-order valence-electron chi connectivity index (χ2n) is 6.58. The second kappa shape index (κ2) is 7.84. The smallest absolute Gasteiger partial charge is 0.387 e. The van der Waals surface area contributed by atoms with E-state index in [1.807, 2.05) is 25.1 Å². The van der Waals surface area contributed by atoms with Crippen molar-refractivity contribution in [3.63, 3.8) is 0 Å². The summed E-state index contributed by atoms with van der Waals surface area (Å²) in [5.74, 6) is 0.194. The van der Waals surface area contributed by atoms with Crippen LogP contribution in [0.3, 0.4) is 0 Å². The molecule has 1 N–H and O–H groups in total. The Morgan fingerprint density at radius 3 is 2.46 bits per heavy atom. The Morgan fingerprint density at radius 1 is 1.11 bits per heavy atom. The number of halogens is 2. The van der Waals surface area contributed by atoms with E-state index >= 15 is 0 Å². The van der Waals surface area contributed by atoms with Gasteiger partial charge >= 0.3 is 12.6 Å². The van der Waals surface area contributed by atoms with Crippen LogP contribution >= 0.6 is 0 Å². The van der Waals surface area contributed by atoms with Crippen molar-refractivity contribution >= 4 is 11.9 Å². The van der Waals surface area contributed by atoms with Gasteiger partial charge in [0.25, 0.3) is 5.91 Å². The molecule has 8 heteroatoms. The summed E-state index contributed by atoms with van der Waals surface area (Å²) >= 11 is 0. The van der Waals surface area contributed by atoms with E-state index in [2.05, 4.69) is 10.1 Å². The minimum Gasteiger partial charge on any atom is -0.492 e. The lowest BCUT2D eigenvalue weighted by Gasteiger charge is -2.22. The predicted molar refractivity (Wildman–Crippen MR) is 97.3 cm³/mol. The lowest BCUT2D eigenvalue weighted by atomic mass is 9.92. The monoisotopic (exact) mass is 390 g/mol. The third kappa shape index (κ3) is 4.05. The van der Waals surface area contributed by atoms with Crippen molar-refractivity contribution in [3.8, 4) is 11.5 Å². The van der Waals surface area contributed by atoms with Gasteiger partial charge in [-0.05, 0) is 49.2 Å². The summed E-state index contributed by atoms with van der Waals surface area (Å²) in [7, 11) is 0. The van der Waals surface area contributed by atoms with Crippen LogP contribution in [-0.4, -0.2) is 36.6 Å². The molecule has 1 heterocycles. The van der Waals surface area contributed by atoms with Crippen molar-refractivity contribution in [1.82, 2.24) is 10.2 Å². The van der Waals surface area contributed by atoms with E-state index < -0.39 is 24.1 Å². The van der Waals surface area contributed by atoms with Gasteiger partial charge in [0.1, 0.15) is 23.6 Å². The minimum absolute atomic E-state index is 0.0254. The zero-order valence-electron chi connectivity index (χ0n) is 15.4. The fourth-order valence-corrected chi connectivity index (χ4v) is 3.03. The molecule has 0 saturated carbocycles. The van der Waals surface area contributed by atoms with Crippen LogP contribution < -0.4 is 14.8 Å². The van der Waals surface area contributed by atoms with Crippen LogP contribution in [0.25, 0.3) is 0 Å². The average molecular weight is 390 g/mol. The first-order valence-corrected chi connectivity index (χ1v) is 8.68. The number of carbonyl (C=O) groups excluding carboxylic acids is 2. The van der Waals surface area contributed by atoms with Gasteiger partial charge in [-0.3, -0.25) is 9.69 Å². The van der Waals surface area contributed by atoms with Crippen LogP contribution in [0.2, 0.25) is 0 Å². The first-order chi connectivity index (χ1) is 13.3. The summed E-state index contributed by atoms with van der Waals surface area (Å²) in [6, 6.07) is 12.5. The highest BCUT2D eigenvalue weighted by atomic mass is 19.3. The summed E-state index contributed by atoms with van der Waals surface area (Å²) in [6.07, 6.45) is 0. The molecule has 1 saturated heterocycles. The Hall–Kier alpha value is -3.16. The molecule has 1 atom stereocenters. The summed E-state index contributed by atoms with van der Waals surface area (Å²) in [6.45, 7) is 0.809. The Bertz CT molecular complexity index is 873. The zero-order chi connectivity index (χ0) is 20.3. The molecule has 0 aliphatic carbocycles. The molecule has 0 unspecified atom stereocenters. The fourth-order valence-electron chi connectivity index (χ4n) is 3.03. The fraction of sp³-hybridized carbons (Fsp3) is 0.300. The molecule has 1 fully saturated rings. The molecule has 2 aromatic rings. The topological polar surface area (TPSA) is 67.9 Å². The second-order valence-corrected chi connectivity index (χ2v) is 6.58. The average Bonchev–Trinajstić information content (AvgIpc) is 2.86. The number of nitrogens with zero attached hydrogens (tertiary/aromatic N) is 1. The molecule has 148 valence electrons. The maximum atomic E-state index is 12.8. The lowest BCUT2D eigenvalue weighted by molar-refractivity contribution is -0.131. The zero-order valence-corrected chi connectivity index (χ0v) is 15.4. The SMILES string of the molecule is Cc1cccc(OCCN2C(=O)N[C@@](C)(c3ccc(OC(F)F)cc3)C2=O)c1. The van der Waals surface area contributed by atoms with Gasteiger partial charge in [0, 0.05) is 0 Å². The molecular formula is C20H20F2N2O4. The molecule has 3 rings (SSSR count). The third-order valence-corrected chi connectivity index (χ3v) is 4.50. The van der Waals surface area contributed by atoms with E-state index in [0.717, 1.165) is 10.5 Å². The summed E-state index contributed by atoms with van der Waals surface area (Å²) in [5, 5.41) is 2.66. The molecule has 1 aliphatic rings. The molecule has 3 amide bonds. The van der Waals surface area contributed by atoms with Crippen LogP contribution in [0, 0.1) is 6.92 Å². The Labute approximate surface area is 161 Å². The maximum Gasteiger partial charge on any atom is 0.387 e. The minimum atomic E-state index is -2.93. The lowest BCUT2D eigenvalue weighted by Crippen LogP contribution is -2.41. The van der Waals surface area contributed by atoms with Gasteiger partial charge in [-0.15, -0.1) is 0 Å². The van der Waals surface area contributed by atoms with Crippen molar-refractivity contribution in [2.24, 2.45) is 0 Å². The molecule has 0 radical (unpaired) electrons. The van der Waals surface area contributed by atoms with Gasteiger partial charge in [-0.1, -0.05) is 24.3 Å². The van der Waals surface area contributed by atoms with Crippen LogP contribution in [-0.2, 0) is 10.3 Å². The number of aryl methyl sites for hydroxylation is 1. The van der Waals surface area contributed by atoms with Gasteiger partial charge in [-0.2, -0.15) is 8.78 Å². The van der Waals surface area contributed by atoms with Crippen LogP contribution in [0.4, 0.5) is 13.6 Å². The number of imide groups is 1. The largest absolute Gasteiger partial charge is 0.492 e. The first-order valence-electron chi connectivity index (χ1n) is 8.68. The van der Waals surface area contributed by atoms with Gasteiger partial charge in [0.2, 0.25) is 0 Å². The highest BCUT2D eigenvalue weighted by Gasteiger charge is 2.48. The van der Waals surface area contributed by atoms with E-state index in [1.165, 1.54) is 24.3 Å². The highest BCUT2D eigenvalue weighted by Crippen LogP contribution is 2.30. The molecule has 2 aromatic carbocycles. The van der Waals surface area contributed by atoms with Crippen LogP contribution in [0.15, 0.2) is 48.5 Å². The highest BCUT2D eigenvalue weighted by molar-refractivity contribution is 6.07. The number of urea groups is 1. The van der Waals surface area contributed by atoms with Gasteiger partial charge in [-0.25, -0.2) is 4.79 Å². The third-order valence-electron chi connectivity index (χ3n) is 4.50. The Kier molecular flexibility index (Phi) is 5.48. The molecule has 1 aliphatic heterocycles. The molecule has 0 aromatic heterocycles. The number of benzene rings is 2. The number of carbonyl (C=O) groups is 2. The van der Waals surface area contributed by atoms with E-state index in [9.17, 15) is 18.4 Å². The maximum absolute atomic E-state index is 12.8. The molecular weight excluding hydrogens is 370 g/mol. The van der Waals surface area contributed by atoms with Crippen molar-refractivity contribution in [2.45, 2.75) is 26.0 Å². The van der Waals surface area contributed by atoms with Crippen molar-refractivity contribution in [3.05, 3.63) is 59.7 Å². The van der Waals surface area contributed by atoms with Gasteiger partial charge in [0.15, 0.2) is 0 Å². The summed E-state index contributed by atoms with van der Waals surface area (Å²) in [5.41, 5.74) is 0.220. The van der Waals surface area contributed by atoms with E-state index in [0.29, 0.717) is 11.3 Å². The quantitative estimate of drug-likeness (QED) is 0.736. The number of hydrogen-bond donors (Lipinski definition) is 1. The van der Waals surface area contributed by atoms with Crippen molar-refractivity contribution in [1.29, 1.82) is 0 Å². The standard InChI is InChI=1S/C20H20F2N2O4/c1-13-4-3-5-16(12-13)27-11-10-24-17(25)20(2,23-19(24)26)14-6-8-15(9-7-14)28-18(21)22/h3-9,12,18H,10-11H2,1-2H3,(H,23,26)/t20-/m0/s1. The summed E-state index contributed by atoms with van der Waals surface area (Å²) < 4.78 is 34.5. The number of ether oxygens (including phenoxy) is 2. The van der Waals surface area contributed by atoms with E-state index in [1.54, 1.807) is 13.0 Å². The van der Waals surface area contributed by atoms with E-state index in [-0.39, 0.29) is 18.9 Å². The normalized spacial score (nSPS) is 19.1. The van der Waals surface area contributed by atoms with Crippen LogP contribution in [0.5, 0.6) is 11.5 Å². The Morgan fingerprint density at radius 2 is 1.82 bits per heavy atom. The number of alkyl halides is 2. The van der Waals surface area contributed by atoms with Crippen LogP contribution in [0.1, 0.15) is 18.1 Å². The molecule has 6 nitrogen and oxygen atoms in total. The van der Waals surface area contributed by atoms with Gasteiger partial charge < -0.3 is 14.8 Å².